The molecule has 0 fully saturated rings. The van der Waals surface area contributed by atoms with E-state index in [-0.39, 0.29) is 6.04 Å². The van der Waals surface area contributed by atoms with Gasteiger partial charge in [0.2, 0.25) is 0 Å². The van der Waals surface area contributed by atoms with Crippen molar-refractivity contribution in [3.8, 4) is 5.75 Å². The van der Waals surface area contributed by atoms with E-state index in [0.29, 0.717) is 18.2 Å². The summed E-state index contributed by atoms with van der Waals surface area (Å²) in [5.74, 6) is -3.02. The third-order valence-corrected chi connectivity index (χ3v) is 4.14. The summed E-state index contributed by atoms with van der Waals surface area (Å²) in [6.45, 7) is 0.533. The number of nitrogens with two attached hydrogens (primary N) is 1. The lowest BCUT2D eigenvalue weighted by atomic mass is 9.95. The number of carboxylic acids is 1. The summed E-state index contributed by atoms with van der Waals surface area (Å²) >= 11 is 0. The van der Waals surface area contributed by atoms with Crippen LogP contribution in [0.5, 0.6) is 5.75 Å². The average molecular weight is 375 g/mol. The van der Waals surface area contributed by atoms with Crippen LogP contribution < -0.4 is 10.5 Å². The maximum atomic E-state index is 12.0. The number of carbonyl (C=O) groups is 1. The van der Waals surface area contributed by atoms with Crippen molar-refractivity contribution >= 4 is 16.7 Å². The second kappa shape index (κ2) is 7.67. The number of rotatable bonds is 1. The van der Waals surface area contributed by atoms with E-state index in [4.69, 9.17) is 15.6 Å². The van der Waals surface area contributed by atoms with Gasteiger partial charge in [0.25, 0.3) is 0 Å². The normalized spacial score (nSPS) is 15.3. The molecule has 27 heavy (non-hydrogen) atoms. The Labute approximate surface area is 153 Å². The summed E-state index contributed by atoms with van der Waals surface area (Å²) in [4.78, 5) is 10.9. The zero-order valence-electron chi connectivity index (χ0n) is 14.1. The minimum absolute atomic E-state index is 0.00208. The van der Waals surface area contributed by atoms with E-state index < -0.39 is 23.4 Å². The van der Waals surface area contributed by atoms with Crippen LogP contribution in [0, 0.1) is 17.5 Å². The van der Waals surface area contributed by atoms with Gasteiger partial charge in [0.15, 0.2) is 11.6 Å². The van der Waals surface area contributed by atoms with Gasteiger partial charge in [-0.1, -0.05) is 12.1 Å². The fourth-order valence-corrected chi connectivity index (χ4v) is 2.84. The second-order valence-corrected chi connectivity index (χ2v) is 6.12. The van der Waals surface area contributed by atoms with E-state index in [2.05, 4.69) is 0 Å². The molecule has 0 radical (unpaired) electrons. The second-order valence-electron chi connectivity index (χ2n) is 6.12. The maximum Gasteiger partial charge on any atom is 0.335 e. The lowest BCUT2D eigenvalue weighted by molar-refractivity contribution is 0.0697. The Morgan fingerprint density at radius 3 is 2.48 bits per heavy atom. The van der Waals surface area contributed by atoms with E-state index in [1.807, 2.05) is 18.2 Å². The quantitative estimate of drug-likeness (QED) is 0.633. The van der Waals surface area contributed by atoms with Crippen LogP contribution in [0.1, 0.15) is 15.9 Å². The van der Waals surface area contributed by atoms with Crippen LogP contribution in [0.2, 0.25) is 0 Å². The van der Waals surface area contributed by atoms with Crippen molar-refractivity contribution in [2.45, 2.75) is 12.5 Å². The predicted octanol–water partition coefficient (Wildman–Crippen LogP) is 3.90. The lowest BCUT2D eigenvalue weighted by Crippen LogP contribution is -2.33. The van der Waals surface area contributed by atoms with Crippen LogP contribution in [0.3, 0.4) is 0 Å². The largest absolute Gasteiger partial charge is 0.492 e. The van der Waals surface area contributed by atoms with E-state index in [1.165, 1.54) is 0 Å². The summed E-state index contributed by atoms with van der Waals surface area (Å²) in [5.41, 5.74) is 7.27. The first-order valence-electron chi connectivity index (χ1n) is 8.13. The Kier molecular flexibility index (Phi) is 5.32. The molecular weight excluding hydrogens is 359 g/mol. The van der Waals surface area contributed by atoms with Crippen LogP contribution in [0.25, 0.3) is 10.8 Å². The molecule has 1 unspecified atom stereocenters. The molecule has 140 valence electrons. The highest BCUT2D eigenvalue weighted by molar-refractivity contribution is 5.96. The lowest BCUT2D eigenvalue weighted by Gasteiger charge is -2.23. The third-order valence-electron chi connectivity index (χ3n) is 4.14. The smallest absolute Gasteiger partial charge is 0.335 e. The van der Waals surface area contributed by atoms with Gasteiger partial charge in [0.1, 0.15) is 18.2 Å². The molecule has 1 aliphatic heterocycles. The van der Waals surface area contributed by atoms with Crippen molar-refractivity contribution in [2.75, 3.05) is 6.61 Å². The predicted molar refractivity (Wildman–Crippen MR) is 94.4 cm³/mol. The molecule has 1 atom stereocenters. The number of benzene rings is 3. The van der Waals surface area contributed by atoms with E-state index >= 15 is 0 Å². The monoisotopic (exact) mass is 375 g/mol. The Balaban J connectivity index is 0.000000197. The SMILES string of the molecule is Fc1ccc(F)c(F)c1.NC1COc2ccc3cc(C(=O)O)ccc3c2C1. The van der Waals surface area contributed by atoms with E-state index in [1.54, 1.807) is 12.1 Å². The molecule has 4 rings (SSSR count). The van der Waals surface area contributed by atoms with Crippen LogP contribution in [0.4, 0.5) is 13.2 Å². The highest BCUT2D eigenvalue weighted by atomic mass is 19.2. The first kappa shape index (κ1) is 18.7. The Hall–Kier alpha value is -3.06. The molecule has 3 N–H and O–H groups in total. The van der Waals surface area contributed by atoms with Gasteiger partial charge in [-0.25, -0.2) is 18.0 Å². The highest BCUT2D eigenvalue weighted by Gasteiger charge is 2.19. The number of halogens is 3. The molecule has 0 spiro atoms. The van der Waals surface area contributed by atoms with Crippen molar-refractivity contribution in [3.05, 3.63) is 77.1 Å². The van der Waals surface area contributed by atoms with Crippen LogP contribution in [-0.4, -0.2) is 23.7 Å². The summed E-state index contributed by atoms with van der Waals surface area (Å²) < 4.78 is 41.4. The van der Waals surface area contributed by atoms with Crippen molar-refractivity contribution in [1.29, 1.82) is 0 Å². The van der Waals surface area contributed by atoms with Crippen LogP contribution in [0.15, 0.2) is 48.5 Å². The fraction of sp³-hybridized carbons (Fsp3) is 0.150. The molecule has 0 bridgehead atoms. The molecule has 3 aromatic carbocycles. The van der Waals surface area contributed by atoms with Crippen molar-refractivity contribution in [3.63, 3.8) is 0 Å². The number of aromatic carboxylic acids is 1. The molecule has 0 saturated heterocycles. The molecule has 4 nitrogen and oxygen atoms in total. The van der Waals surface area contributed by atoms with Crippen molar-refractivity contribution in [2.24, 2.45) is 5.73 Å². The molecule has 1 aliphatic rings. The van der Waals surface area contributed by atoms with E-state index in [9.17, 15) is 18.0 Å². The highest BCUT2D eigenvalue weighted by Crippen LogP contribution is 2.32. The Morgan fingerprint density at radius 1 is 1.04 bits per heavy atom. The number of ether oxygens (including phenoxy) is 1. The van der Waals surface area contributed by atoms with Gasteiger partial charge >= 0.3 is 5.97 Å². The summed E-state index contributed by atoms with van der Waals surface area (Å²) in [7, 11) is 0. The van der Waals surface area contributed by atoms with Gasteiger partial charge in [0, 0.05) is 17.7 Å². The molecular formula is C20H16F3NO3. The number of hydrogen-bond acceptors (Lipinski definition) is 3. The van der Waals surface area contributed by atoms with Gasteiger partial charge in [0.05, 0.1) is 5.56 Å². The fourth-order valence-electron chi connectivity index (χ4n) is 2.84. The number of hydrogen-bond donors (Lipinski definition) is 2. The molecule has 0 amide bonds. The molecule has 0 saturated carbocycles. The summed E-state index contributed by atoms with van der Waals surface area (Å²) in [6.07, 6.45) is 0.763. The number of carboxylic acid groups (broad SMARTS) is 1. The standard InChI is InChI=1S/C14H13NO3.C6H3F3/c15-10-6-12-11-3-1-9(14(16)17)5-8(11)2-4-13(12)18-7-10;7-4-1-2-5(8)6(9)3-4/h1-5,10H,6-7,15H2,(H,16,17);1-3H. The van der Waals surface area contributed by atoms with E-state index in [0.717, 1.165) is 40.6 Å². The Bertz CT molecular complexity index is 1010. The first-order valence-corrected chi connectivity index (χ1v) is 8.13. The third kappa shape index (κ3) is 4.20. The van der Waals surface area contributed by atoms with Crippen LogP contribution >= 0.6 is 0 Å². The summed E-state index contributed by atoms with van der Waals surface area (Å²) in [5, 5.41) is 10.9. The molecule has 7 heteroatoms. The maximum absolute atomic E-state index is 12.0. The van der Waals surface area contributed by atoms with Crippen molar-refractivity contribution in [1.82, 2.24) is 0 Å². The topological polar surface area (TPSA) is 72.5 Å². The minimum atomic E-state index is -1.16. The van der Waals surface area contributed by atoms with Gasteiger partial charge in [-0.15, -0.1) is 0 Å². The zero-order chi connectivity index (χ0) is 19.6. The average Bonchev–Trinajstić information content (AvgIpc) is 2.65. The molecule has 0 aromatic heterocycles. The molecule has 1 heterocycles. The summed E-state index contributed by atoms with van der Waals surface area (Å²) in [6, 6.07) is 11.0. The van der Waals surface area contributed by atoms with Gasteiger partial charge < -0.3 is 15.6 Å². The first-order chi connectivity index (χ1) is 12.8. The Morgan fingerprint density at radius 2 is 1.81 bits per heavy atom. The number of fused-ring (bicyclic) bond motifs is 3. The van der Waals surface area contributed by atoms with Crippen molar-refractivity contribution < 1.29 is 27.8 Å². The zero-order valence-corrected chi connectivity index (χ0v) is 14.1. The van der Waals surface area contributed by atoms with Gasteiger partial charge in [-0.05, 0) is 47.5 Å². The van der Waals surface area contributed by atoms with Gasteiger partial charge in [-0.2, -0.15) is 0 Å². The molecule has 0 aliphatic carbocycles. The minimum Gasteiger partial charge on any atom is -0.492 e. The van der Waals surface area contributed by atoms with Gasteiger partial charge in [-0.3, -0.25) is 0 Å². The van der Waals surface area contributed by atoms with Crippen LogP contribution in [-0.2, 0) is 6.42 Å². The molecule has 3 aromatic rings.